The summed E-state index contributed by atoms with van der Waals surface area (Å²) in [6, 6.07) is 7.48. The van der Waals surface area contributed by atoms with Gasteiger partial charge in [0.1, 0.15) is 12.1 Å². The van der Waals surface area contributed by atoms with Gasteiger partial charge in [0.25, 0.3) is 0 Å². The Hall–Kier alpha value is -1.43. The first-order chi connectivity index (χ1) is 6.20. The molecule has 0 aliphatic rings. The molecule has 0 radical (unpaired) electrons. The summed E-state index contributed by atoms with van der Waals surface area (Å²) in [5, 5.41) is 0. The summed E-state index contributed by atoms with van der Waals surface area (Å²) in [6.45, 7) is 0. The number of nitrogens with one attached hydrogen (secondary N) is 1. The Bertz CT molecular complexity index is 282. The lowest BCUT2D eigenvalue weighted by atomic mass is 10.3. The van der Waals surface area contributed by atoms with Crippen molar-refractivity contribution in [2.24, 2.45) is 5.73 Å². The van der Waals surface area contributed by atoms with E-state index in [4.69, 9.17) is 5.73 Å². The molecule has 13 heavy (non-hydrogen) atoms. The molecule has 0 saturated carbocycles. The molecular weight excluding hydrogens is 193 g/mol. The van der Waals surface area contributed by atoms with Crippen LogP contribution in [0.4, 0.5) is 15.0 Å². The lowest BCUT2D eigenvalue weighted by Gasteiger charge is -2.10. The fourth-order valence-electron chi connectivity index (χ4n) is 0.683. The van der Waals surface area contributed by atoms with E-state index < -0.39 is 6.03 Å². The second-order valence-electron chi connectivity index (χ2n) is 2.14. The van der Waals surface area contributed by atoms with Crippen LogP contribution in [0.15, 0.2) is 30.3 Å². The Kier molecular flexibility index (Phi) is 3.39. The molecule has 1 aromatic rings. The Balaban J connectivity index is 2.49. The maximum absolute atomic E-state index is 13.0. The fraction of sp³-hybridized carbons (Fsp3) is 0. The van der Waals surface area contributed by atoms with E-state index in [1.165, 1.54) is 0 Å². The molecule has 70 valence electrons. The number of nitrogens with two attached hydrogens (primary N) is 1. The highest BCUT2D eigenvalue weighted by Crippen LogP contribution is 2.19. The van der Waals surface area contributed by atoms with Crippen molar-refractivity contribution in [3.8, 4) is 0 Å². The molecule has 0 bridgehead atoms. The van der Waals surface area contributed by atoms with Gasteiger partial charge in [-0.25, -0.2) is 4.79 Å². The number of amides is 2. The highest BCUT2D eigenvalue weighted by atomic mass is 32.2. The number of hydrogen-bond donors (Lipinski definition) is 2. The van der Waals surface area contributed by atoms with E-state index in [1.807, 2.05) is 0 Å². The molecule has 1 rings (SSSR count). The van der Waals surface area contributed by atoms with E-state index in [0.717, 1.165) is 0 Å². The van der Waals surface area contributed by atoms with Crippen LogP contribution in [-0.4, -0.2) is 6.03 Å². The monoisotopic (exact) mass is 201 g/mol. The Morgan fingerprint density at radius 1 is 1.46 bits per heavy atom. The summed E-state index contributed by atoms with van der Waals surface area (Å²) in [6.07, 6.45) is 0. The third-order valence-electron chi connectivity index (χ3n) is 1.19. The molecule has 0 atom stereocenters. The minimum absolute atomic E-state index is 0.310. The van der Waals surface area contributed by atoms with Crippen LogP contribution in [0.5, 0.6) is 0 Å². The first kappa shape index (κ1) is 9.66. The van der Waals surface area contributed by atoms with Crippen LogP contribution in [0.1, 0.15) is 0 Å². The van der Waals surface area contributed by atoms with E-state index in [0.29, 0.717) is 22.3 Å². The number of benzene rings is 1. The second kappa shape index (κ2) is 4.56. The van der Waals surface area contributed by atoms with Gasteiger partial charge in [0.15, 0.2) is 0 Å². The molecule has 0 aliphatic carbocycles. The van der Waals surface area contributed by atoms with E-state index in [2.05, 4.69) is 4.72 Å². The van der Waals surface area contributed by atoms with Crippen LogP contribution in [0, 0.1) is 0 Å². The van der Waals surface area contributed by atoms with Crippen molar-refractivity contribution in [2.45, 2.75) is 0 Å². The summed E-state index contributed by atoms with van der Waals surface area (Å²) in [5.74, 6) is 0. The minimum Gasteiger partial charge on any atom is -0.351 e. The van der Waals surface area contributed by atoms with Crippen molar-refractivity contribution in [1.29, 1.82) is 0 Å². The minimum atomic E-state index is -0.788. The van der Waals surface area contributed by atoms with Crippen LogP contribution < -0.4 is 15.0 Å². The number of carbonyl (C=O) groups excluding carboxylic acids is 1. The molecular formula is C7H8FN3OS. The van der Waals surface area contributed by atoms with Crippen molar-refractivity contribution in [3.05, 3.63) is 30.3 Å². The van der Waals surface area contributed by atoms with Crippen molar-refractivity contribution in [3.63, 3.8) is 0 Å². The number of para-hydroxylation sites is 1. The van der Waals surface area contributed by atoms with Crippen LogP contribution in [-0.2, 0) is 0 Å². The largest absolute Gasteiger partial charge is 0.351 e. The molecule has 0 fully saturated rings. The Morgan fingerprint density at radius 3 is 2.62 bits per heavy atom. The van der Waals surface area contributed by atoms with Gasteiger partial charge in [0.05, 0.1) is 5.69 Å². The average Bonchev–Trinajstić information content (AvgIpc) is 2.15. The Labute approximate surface area is 79.1 Å². The zero-order valence-electron chi connectivity index (χ0n) is 6.61. The second-order valence-corrected chi connectivity index (χ2v) is 2.85. The van der Waals surface area contributed by atoms with E-state index in [-0.39, 0.29) is 0 Å². The molecule has 3 N–H and O–H groups in total. The van der Waals surface area contributed by atoms with E-state index in [9.17, 15) is 9.28 Å². The third-order valence-corrected chi connectivity index (χ3v) is 1.85. The number of anilines is 1. The maximum atomic E-state index is 13.0. The highest BCUT2D eigenvalue weighted by Gasteiger charge is 2.05. The van der Waals surface area contributed by atoms with Gasteiger partial charge in [-0.2, -0.15) is 0 Å². The molecule has 0 saturated heterocycles. The van der Waals surface area contributed by atoms with Crippen molar-refractivity contribution < 1.29 is 9.28 Å². The SMILES string of the molecule is NC(=O)NSN(F)c1ccccc1. The van der Waals surface area contributed by atoms with Crippen molar-refractivity contribution >= 4 is 23.9 Å². The normalized spacial score (nSPS) is 9.31. The Morgan fingerprint density at radius 2 is 2.08 bits per heavy atom. The molecule has 0 spiro atoms. The molecule has 1 aromatic carbocycles. The summed E-state index contributed by atoms with van der Waals surface area (Å²) >= 11 is 0.480. The topological polar surface area (TPSA) is 58.4 Å². The van der Waals surface area contributed by atoms with Gasteiger partial charge in [-0.15, -0.1) is 4.53 Å². The van der Waals surface area contributed by atoms with Gasteiger partial charge in [-0.3, -0.25) is 4.72 Å². The van der Waals surface area contributed by atoms with Crippen molar-refractivity contribution in [1.82, 2.24) is 4.72 Å². The van der Waals surface area contributed by atoms with Gasteiger partial charge < -0.3 is 5.73 Å². The smallest absolute Gasteiger partial charge is 0.323 e. The molecule has 0 aromatic heterocycles. The van der Waals surface area contributed by atoms with E-state index >= 15 is 0 Å². The van der Waals surface area contributed by atoms with Gasteiger partial charge in [0.2, 0.25) is 0 Å². The number of nitrogens with zero attached hydrogens (tertiary/aromatic N) is 1. The average molecular weight is 201 g/mol. The lowest BCUT2D eigenvalue weighted by Crippen LogP contribution is -2.26. The standard InChI is InChI=1S/C7H8FN3OS/c8-11(13-10-7(9)12)6-4-2-1-3-5-6/h1-5H,(H3,9,10,12). The van der Waals surface area contributed by atoms with Crippen LogP contribution in [0.2, 0.25) is 0 Å². The van der Waals surface area contributed by atoms with Crippen LogP contribution in [0.25, 0.3) is 0 Å². The molecule has 0 aliphatic heterocycles. The zero-order valence-corrected chi connectivity index (χ0v) is 7.42. The maximum Gasteiger partial charge on any atom is 0.323 e. The van der Waals surface area contributed by atoms with Crippen molar-refractivity contribution in [2.75, 3.05) is 4.53 Å². The van der Waals surface area contributed by atoms with Gasteiger partial charge in [-0.1, -0.05) is 22.7 Å². The van der Waals surface area contributed by atoms with Gasteiger partial charge in [0, 0.05) is 0 Å². The fourth-order valence-corrected chi connectivity index (χ4v) is 1.08. The summed E-state index contributed by atoms with van der Waals surface area (Å²) in [5.41, 5.74) is 5.09. The third kappa shape index (κ3) is 3.20. The molecule has 0 unspecified atom stereocenters. The number of urea groups is 1. The first-order valence-electron chi connectivity index (χ1n) is 3.43. The van der Waals surface area contributed by atoms with Gasteiger partial charge in [-0.05, 0) is 12.1 Å². The zero-order chi connectivity index (χ0) is 9.68. The molecule has 6 heteroatoms. The predicted octanol–water partition coefficient (Wildman–Crippen LogP) is 1.61. The lowest BCUT2D eigenvalue weighted by molar-refractivity contribution is 0.254. The number of hydrogen-bond acceptors (Lipinski definition) is 3. The molecule has 4 nitrogen and oxygen atoms in total. The van der Waals surface area contributed by atoms with Crippen LogP contribution >= 0.6 is 12.1 Å². The van der Waals surface area contributed by atoms with E-state index in [1.54, 1.807) is 30.3 Å². The first-order valence-corrected chi connectivity index (χ1v) is 4.21. The van der Waals surface area contributed by atoms with Crippen LogP contribution in [0.3, 0.4) is 0 Å². The molecule has 0 heterocycles. The number of carbonyl (C=O) groups is 1. The molecule has 2 amide bonds. The summed E-state index contributed by atoms with van der Waals surface area (Å²) in [4.78, 5) is 10.2. The number of halogens is 1. The summed E-state index contributed by atoms with van der Waals surface area (Å²) < 4.78 is 15.4. The summed E-state index contributed by atoms with van der Waals surface area (Å²) in [7, 11) is 0. The number of rotatable bonds is 3. The number of primary amides is 1. The highest BCUT2D eigenvalue weighted by molar-refractivity contribution is 7.99. The predicted molar refractivity (Wildman–Crippen MR) is 50.3 cm³/mol. The quantitative estimate of drug-likeness (QED) is 0.577. The van der Waals surface area contributed by atoms with Gasteiger partial charge >= 0.3 is 6.03 Å².